The summed E-state index contributed by atoms with van der Waals surface area (Å²) in [6, 6.07) is 6.56. The molecule has 9 heteroatoms. The van der Waals surface area contributed by atoms with E-state index in [9.17, 15) is 23.1 Å². The van der Waals surface area contributed by atoms with Gasteiger partial charge in [0.25, 0.3) is 0 Å². The number of pyridine rings is 1. The lowest BCUT2D eigenvalue weighted by molar-refractivity contribution is -0.141. The van der Waals surface area contributed by atoms with Crippen molar-refractivity contribution in [2.45, 2.75) is 26.1 Å². The zero-order valence-electron chi connectivity index (χ0n) is 15.3. The van der Waals surface area contributed by atoms with Gasteiger partial charge in [0, 0.05) is 24.8 Å². The van der Waals surface area contributed by atoms with Crippen molar-refractivity contribution in [2.24, 2.45) is 0 Å². The van der Waals surface area contributed by atoms with Crippen molar-refractivity contribution in [3.05, 3.63) is 47.8 Å². The van der Waals surface area contributed by atoms with E-state index in [1.807, 2.05) is 18.7 Å². The highest BCUT2D eigenvalue weighted by atomic mass is 19.4. The van der Waals surface area contributed by atoms with E-state index in [1.54, 1.807) is 7.05 Å². The Hall–Kier alpha value is -3.23. The van der Waals surface area contributed by atoms with E-state index >= 15 is 0 Å². The van der Waals surface area contributed by atoms with Crippen molar-refractivity contribution in [3.8, 4) is 11.3 Å². The average Bonchev–Trinajstić information content (AvgIpc) is 2.65. The number of carbonyl (C=O) groups is 1. The number of aromatic carboxylic acids is 1. The minimum Gasteiger partial charge on any atom is -0.478 e. The van der Waals surface area contributed by atoms with Crippen molar-refractivity contribution in [1.29, 1.82) is 0 Å². The second-order valence-electron chi connectivity index (χ2n) is 6.54. The van der Waals surface area contributed by atoms with Gasteiger partial charge in [-0.15, -0.1) is 0 Å². The van der Waals surface area contributed by atoms with Gasteiger partial charge in [0.05, 0.1) is 16.6 Å². The van der Waals surface area contributed by atoms with Gasteiger partial charge in [0.15, 0.2) is 5.82 Å². The van der Waals surface area contributed by atoms with Crippen LogP contribution < -0.4 is 4.90 Å². The second-order valence-corrected chi connectivity index (χ2v) is 6.54. The lowest BCUT2D eigenvalue weighted by Gasteiger charge is -2.25. The van der Waals surface area contributed by atoms with Gasteiger partial charge in [-0.3, -0.25) is 4.98 Å². The molecule has 3 rings (SSSR count). The first kappa shape index (κ1) is 19.5. The van der Waals surface area contributed by atoms with Gasteiger partial charge >= 0.3 is 12.1 Å². The van der Waals surface area contributed by atoms with Crippen LogP contribution in [-0.2, 0) is 6.18 Å². The van der Waals surface area contributed by atoms with E-state index in [2.05, 4.69) is 15.0 Å². The first-order valence-corrected chi connectivity index (χ1v) is 8.39. The molecule has 0 aliphatic rings. The van der Waals surface area contributed by atoms with Crippen LogP contribution >= 0.6 is 0 Å². The summed E-state index contributed by atoms with van der Waals surface area (Å²) >= 11 is 0. The Morgan fingerprint density at radius 2 is 1.82 bits per heavy atom. The summed E-state index contributed by atoms with van der Waals surface area (Å²) in [6.07, 6.45) is -3.42. The van der Waals surface area contributed by atoms with Gasteiger partial charge in [-0.25, -0.2) is 14.8 Å². The Labute approximate surface area is 158 Å². The smallest absolute Gasteiger partial charge is 0.433 e. The van der Waals surface area contributed by atoms with E-state index in [0.29, 0.717) is 28.1 Å². The van der Waals surface area contributed by atoms with Crippen molar-refractivity contribution in [1.82, 2.24) is 15.0 Å². The SMILES string of the molecule is CC(C)N(C)c1nc2cc(C(=O)O)ccc2nc1-c1ccc(C(F)(F)F)nc1. The van der Waals surface area contributed by atoms with Gasteiger partial charge in [-0.05, 0) is 44.2 Å². The molecule has 0 saturated carbocycles. The van der Waals surface area contributed by atoms with Crippen LogP contribution in [0.15, 0.2) is 36.5 Å². The van der Waals surface area contributed by atoms with Crippen LogP contribution in [0, 0.1) is 0 Å². The molecule has 0 saturated heterocycles. The molecule has 1 aromatic carbocycles. The van der Waals surface area contributed by atoms with Gasteiger partial charge in [0.2, 0.25) is 0 Å². The maximum absolute atomic E-state index is 12.8. The lowest BCUT2D eigenvalue weighted by atomic mass is 10.1. The third kappa shape index (κ3) is 3.73. The minimum absolute atomic E-state index is 0.0237. The van der Waals surface area contributed by atoms with E-state index in [4.69, 9.17) is 0 Å². The highest BCUT2D eigenvalue weighted by Gasteiger charge is 2.32. The summed E-state index contributed by atoms with van der Waals surface area (Å²) in [5, 5.41) is 9.18. The third-order valence-corrected chi connectivity index (χ3v) is 4.33. The Morgan fingerprint density at radius 3 is 2.36 bits per heavy atom. The fourth-order valence-electron chi connectivity index (χ4n) is 2.56. The Bertz CT molecular complexity index is 1030. The molecule has 0 unspecified atom stereocenters. The highest BCUT2D eigenvalue weighted by molar-refractivity contribution is 5.93. The number of aromatic nitrogens is 3. The maximum atomic E-state index is 12.8. The molecular formula is C19H17F3N4O2. The van der Waals surface area contributed by atoms with E-state index in [-0.39, 0.29) is 11.6 Å². The third-order valence-electron chi connectivity index (χ3n) is 4.33. The number of halogens is 3. The predicted octanol–water partition coefficient (Wildman–Crippen LogP) is 4.25. The summed E-state index contributed by atoms with van der Waals surface area (Å²) in [7, 11) is 1.78. The lowest BCUT2D eigenvalue weighted by Crippen LogP contribution is -2.27. The summed E-state index contributed by atoms with van der Waals surface area (Å²) < 4.78 is 38.4. The van der Waals surface area contributed by atoms with Crippen LogP contribution in [0.1, 0.15) is 29.9 Å². The molecule has 146 valence electrons. The summed E-state index contributed by atoms with van der Waals surface area (Å²) in [5.41, 5.74) is 0.644. The summed E-state index contributed by atoms with van der Waals surface area (Å²) in [5.74, 6) is -0.662. The maximum Gasteiger partial charge on any atom is 0.433 e. The largest absolute Gasteiger partial charge is 0.478 e. The molecule has 0 fully saturated rings. The van der Waals surface area contributed by atoms with E-state index < -0.39 is 17.8 Å². The number of benzene rings is 1. The first-order valence-electron chi connectivity index (χ1n) is 8.39. The molecular weight excluding hydrogens is 373 g/mol. The molecule has 0 amide bonds. The number of hydrogen-bond acceptors (Lipinski definition) is 5. The quantitative estimate of drug-likeness (QED) is 0.717. The zero-order valence-corrected chi connectivity index (χ0v) is 15.3. The molecule has 0 atom stereocenters. The number of rotatable bonds is 4. The van der Waals surface area contributed by atoms with Crippen molar-refractivity contribution < 1.29 is 23.1 Å². The van der Waals surface area contributed by atoms with E-state index in [1.165, 1.54) is 24.3 Å². The molecule has 2 heterocycles. The number of carboxylic acids is 1. The molecule has 1 N–H and O–H groups in total. The average molecular weight is 390 g/mol. The fourth-order valence-corrected chi connectivity index (χ4v) is 2.56. The van der Waals surface area contributed by atoms with Gasteiger partial charge < -0.3 is 10.0 Å². The molecule has 0 radical (unpaired) electrons. The fraction of sp³-hybridized carbons (Fsp3) is 0.263. The topological polar surface area (TPSA) is 79.2 Å². The van der Waals surface area contributed by atoms with Crippen LogP contribution in [0.2, 0.25) is 0 Å². The predicted molar refractivity (Wildman–Crippen MR) is 98.3 cm³/mol. The van der Waals surface area contributed by atoms with Crippen LogP contribution in [-0.4, -0.2) is 39.1 Å². The second kappa shape index (κ2) is 7.06. The monoisotopic (exact) mass is 390 g/mol. The standard InChI is InChI=1S/C19H17F3N4O2/c1-10(2)26(3)17-16(12-5-7-15(23-9-12)19(20,21)22)24-13-6-4-11(18(27)28)8-14(13)25-17/h4-10H,1-3H3,(H,27,28). The molecule has 28 heavy (non-hydrogen) atoms. The van der Waals surface area contributed by atoms with Crippen LogP contribution in [0.25, 0.3) is 22.3 Å². The number of nitrogens with zero attached hydrogens (tertiary/aromatic N) is 4. The molecule has 3 aromatic rings. The van der Waals surface area contributed by atoms with Crippen LogP contribution in [0.5, 0.6) is 0 Å². The van der Waals surface area contributed by atoms with Gasteiger partial charge in [-0.2, -0.15) is 13.2 Å². The van der Waals surface area contributed by atoms with Gasteiger partial charge in [-0.1, -0.05) is 0 Å². The molecule has 0 aliphatic carbocycles. The van der Waals surface area contributed by atoms with Crippen LogP contribution in [0.3, 0.4) is 0 Å². The van der Waals surface area contributed by atoms with Crippen LogP contribution in [0.4, 0.5) is 19.0 Å². The van der Waals surface area contributed by atoms with Crippen molar-refractivity contribution in [3.63, 3.8) is 0 Å². The summed E-state index contributed by atoms with van der Waals surface area (Å²) in [6.45, 7) is 3.85. The number of carboxylic acid groups (broad SMARTS) is 1. The highest BCUT2D eigenvalue weighted by Crippen LogP contribution is 2.32. The van der Waals surface area contributed by atoms with E-state index in [0.717, 1.165) is 12.3 Å². The Morgan fingerprint density at radius 1 is 1.11 bits per heavy atom. The minimum atomic E-state index is -4.53. The molecule has 2 aromatic heterocycles. The van der Waals surface area contributed by atoms with Gasteiger partial charge in [0.1, 0.15) is 11.4 Å². The first-order chi connectivity index (χ1) is 13.1. The normalized spacial score (nSPS) is 11.8. The zero-order chi connectivity index (χ0) is 20.6. The molecule has 0 aliphatic heterocycles. The molecule has 0 spiro atoms. The number of anilines is 1. The number of alkyl halides is 3. The number of hydrogen-bond donors (Lipinski definition) is 1. The number of fused-ring (bicyclic) bond motifs is 1. The van der Waals surface area contributed by atoms with Crippen molar-refractivity contribution in [2.75, 3.05) is 11.9 Å². The van der Waals surface area contributed by atoms with Crippen molar-refractivity contribution >= 4 is 22.8 Å². The Balaban J connectivity index is 2.20. The Kier molecular flexibility index (Phi) is 4.93. The molecule has 6 nitrogen and oxygen atoms in total. The molecule has 0 bridgehead atoms. The summed E-state index contributed by atoms with van der Waals surface area (Å²) in [4.78, 5) is 25.6.